The Bertz CT molecular complexity index is 307. The predicted molar refractivity (Wildman–Crippen MR) is 52.2 cm³/mol. The van der Waals surface area contributed by atoms with E-state index in [0.717, 1.165) is 5.56 Å². The molecule has 0 saturated carbocycles. The molecule has 0 spiro atoms. The Morgan fingerprint density at radius 1 is 1.15 bits per heavy atom. The zero-order valence-electron chi connectivity index (χ0n) is 7.83. The maximum absolute atomic E-state index is 11.0. The third-order valence-corrected chi connectivity index (χ3v) is 1.66. The molecular weight excluding hydrogens is 164 g/mol. The van der Waals surface area contributed by atoms with Crippen LogP contribution < -0.4 is 0 Å². The van der Waals surface area contributed by atoms with Crippen molar-refractivity contribution in [2.24, 2.45) is 0 Å². The predicted octanol–water partition coefficient (Wildman–Crippen LogP) is 2.85. The van der Waals surface area contributed by atoms with Crippen LogP contribution in [-0.4, -0.2) is 5.97 Å². The summed E-state index contributed by atoms with van der Waals surface area (Å²) in [6.45, 7) is 7.60. The fourth-order valence-electron chi connectivity index (χ4n) is 1.13. The number of cyclic esters (lactones) is 1. The molecule has 0 bridgehead atoms. The Labute approximate surface area is 77.8 Å². The zero-order chi connectivity index (χ0) is 9.84. The molecule has 1 aliphatic rings. The monoisotopic (exact) mass is 176 g/mol. The lowest BCUT2D eigenvalue weighted by Gasteiger charge is -1.90. The Morgan fingerprint density at radius 2 is 1.69 bits per heavy atom. The van der Waals surface area contributed by atoms with Crippen molar-refractivity contribution < 1.29 is 9.53 Å². The lowest BCUT2D eigenvalue weighted by Crippen LogP contribution is -1.91. The Hall–Kier alpha value is -1.57. The molecule has 1 aliphatic heterocycles. The van der Waals surface area contributed by atoms with Gasteiger partial charge in [-0.3, -0.25) is 0 Å². The molecule has 0 unspecified atom stereocenters. The van der Waals surface area contributed by atoms with Gasteiger partial charge in [0.1, 0.15) is 5.76 Å². The van der Waals surface area contributed by atoms with Gasteiger partial charge in [-0.1, -0.05) is 38.6 Å². The van der Waals surface area contributed by atoms with E-state index in [0.29, 0.717) is 11.3 Å². The molecular formula is C11H12O2. The van der Waals surface area contributed by atoms with Crippen molar-refractivity contribution in [1.29, 1.82) is 0 Å². The topological polar surface area (TPSA) is 26.3 Å². The number of benzene rings is 1. The summed E-state index contributed by atoms with van der Waals surface area (Å²) in [5.74, 6) is 0.149. The van der Waals surface area contributed by atoms with E-state index in [1.165, 1.54) is 0 Å². The maximum Gasteiger partial charge on any atom is 0.344 e. The summed E-state index contributed by atoms with van der Waals surface area (Å²) in [5, 5.41) is 0. The van der Waals surface area contributed by atoms with Crippen LogP contribution in [0.2, 0.25) is 0 Å². The van der Waals surface area contributed by atoms with Crippen molar-refractivity contribution in [3.05, 3.63) is 42.0 Å². The number of hydrogen-bond donors (Lipinski definition) is 0. The number of carbonyl (C=O) groups is 1. The third-order valence-electron chi connectivity index (χ3n) is 1.66. The van der Waals surface area contributed by atoms with E-state index in [2.05, 4.69) is 6.58 Å². The van der Waals surface area contributed by atoms with Crippen molar-refractivity contribution in [2.45, 2.75) is 13.8 Å². The molecule has 0 fully saturated rings. The number of hydrogen-bond acceptors (Lipinski definition) is 2. The molecule has 2 rings (SSSR count). The van der Waals surface area contributed by atoms with Gasteiger partial charge in [0.15, 0.2) is 0 Å². The van der Waals surface area contributed by atoms with Crippen LogP contribution in [0, 0.1) is 0 Å². The maximum atomic E-state index is 11.0. The van der Waals surface area contributed by atoms with Crippen LogP contribution in [-0.2, 0) is 4.74 Å². The molecule has 0 amide bonds. The SMILES string of the molecule is C=C1OC(=O)c2ccccc21.CC. The van der Waals surface area contributed by atoms with Crippen LogP contribution in [0.4, 0.5) is 0 Å². The first-order valence-corrected chi connectivity index (χ1v) is 4.29. The molecule has 2 nitrogen and oxygen atoms in total. The quantitative estimate of drug-likeness (QED) is 0.568. The highest BCUT2D eigenvalue weighted by Crippen LogP contribution is 2.27. The minimum Gasteiger partial charge on any atom is -0.423 e. The molecule has 68 valence electrons. The van der Waals surface area contributed by atoms with E-state index in [9.17, 15) is 4.79 Å². The second kappa shape index (κ2) is 3.90. The van der Waals surface area contributed by atoms with Crippen molar-refractivity contribution >= 4 is 11.7 Å². The van der Waals surface area contributed by atoms with Gasteiger partial charge in [-0.25, -0.2) is 4.79 Å². The van der Waals surface area contributed by atoms with Gasteiger partial charge in [-0.2, -0.15) is 0 Å². The van der Waals surface area contributed by atoms with E-state index in [1.54, 1.807) is 12.1 Å². The number of esters is 1. The highest BCUT2D eigenvalue weighted by atomic mass is 16.5. The van der Waals surface area contributed by atoms with Gasteiger partial charge >= 0.3 is 5.97 Å². The van der Waals surface area contributed by atoms with E-state index < -0.39 is 0 Å². The van der Waals surface area contributed by atoms with Gasteiger partial charge < -0.3 is 4.74 Å². The number of ether oxygens (including phenoxy) is 1. The lowest BCUT2D eigenvalue weighted by molar-refractivity contribution is 0.0716. The van der Waals surface area contributed by atoms with Crippen molar-refractivity contribution in [3.63, 3.8) is 0 Å². The Morgan fingerprint density at radius 3 is 2.23 bits per heavy atom. The molecule has 13 heavy (non-hydrogen) atoms. The normalized spacial score (nSPS) is 12.8. The van der Waals surface area contributed by atoms with E-state index in [1.807, 2.05) is 26.0 Å². The lowest BCUT2D eigenvalue weighted by atomic mass is 10.1. The Kier molecular flexibility index (Phi) is 2.85. The molecule has 0 aromatic heterocycles. The Balaban J connectivity index is 0.000000396. The van der Waals surface area contributed by atoms with Crippen LogP contribution in [0.5, 0.6) is 0 Å². The summed E-state index contributed by atoms with van der Waals surface area (Å²) >= 11 is 0. The molecule has 2 heteroatoms. The second-order valence-electron chi connectivity index (χ2n) is 2.36. The molecule has 0 saturated heterocycles. The zero-order valence-corrected chi connectivity index (χ0v) is 7.83. The minimum atomic E-state index is -0.300. The summed E-state index contributed by atoms with van der Waals surface area (Å²) in [5.41, 5.74) is 1.41. The molecule has 0 atom stereocenters. The van der Waals surface area contributed by atoms with Gasteiger partial charge in [0.05, 0.1) is 5.56 Å². The second-order valence-corrected chi connectivity index (χ2v) is 2.36. The van der Waals surface area contributed by atoms with Gasteiger partial charge in [0.25, 0.3) is 0 Å². The standard InChI is InChI=1S/C9H6O2.C2H6/c1-6-7-4-2-3-5-8(7)9(10)11-6;1-2/h2-5H,1H2;1-2H3. The summed E-state index contributed by atoms with van der Waals surface area (Å²) in [6, 6.07) is 7.21. The average Bonchev–Trinajstić information content (AvgIpc) is 2.47. The van der Waals surface area contributed by atoms with Crippen LogP contribution in [0.3, 0.4) is 0 Å². The van der Waals surface area contributed by atoms with Crippen molar-refractivity contribution in [1.82, 2.24) is 0 Å². The molecule has 0 N–H and O–H groups in total. The first kappa shape index (κ1) is 9.52. The van der Waals surface area contributed by atoms with Gasteiger partial charge in [0, 0.05) is 5.56 Å². The largest absolute Gasteiger partial charge is 0.423 e. The van der Waals surface area contributed by atoms with Crippen molar-refractivity contribution in [3.8, 4) is 0 Å². The third kappa shape index (κ3) is 1.61. The molecule has 0 aliphatic carbocycles. The number of carbonyl (C=O) groups excluding carboxylic acids is 1. The van der Waals surface area contributed by atoms with Crippen molar-refractivity contribution in [2.75, 3.05) is 0 Å². The summed E-state index contributed by atoms with van der Waals surface area (Å²) in [4.78, 5) is 11.0. The summed E-state index contributed by atoms with van der Waals surface area (Å²) < 4.78 is 4.80. The average molecular weight is 176 g/mol. The fraction of sp³-hybridized carbons (Fsp3) is 0.182. The minimum absolute atomic E-state index is 0.300. The highest BCUT2D eigenvalue weighted by Gasteiger charge is 2.23. The van der Waals surface area contributed by atoms with E-state index in [4.69, 9.17) is 4.74 Å². The van der Waals surface area contributed by atoms with Crippen LogP contribution >= 0.6 is 0 Å². The first-order valence-electron chi connectivity index (χ1n) is 4.29. The number of rotatable bonds is 0. The molecule has 1 heterocycles. The highest BCUT2D eigenvalue weighted by molar-refractivity contribution is 6.02. The van der Waals surface area contributed by atoms with Crippen LogP contribution in [0.1, 0.15) is 29.8 Å². The van der Waals surface area contributed by atoms with Crippen LogP contribution in [0.25, 0.3) is 5.76 Å². The van der Waals surface area contributed by atoms with Gasteiger partial charge in [-0.05, 0) is 6.07 Å². The van der Waals surface area contributed by atoms with Gasteiger partial charge in [0.2, 0.25) is 0 Å². The van der Waals surface area contributed by atoms with E-state index >= 15 is 0 Å². The van der Waals surface area contributed by atoms with Crippen LogP contribution in [0.15, 0.2) is 30.8 Å². The first-order chi connectivity index (χ1) is 6.29. The number of fused-ring (bicyclic) bond motifs is 1. The smallest absolute Gasteiger partial charge is 0.344 e. The summed E-state index contributed by atoms with van der Waals surface area (Å²) in [7, 11) is 0. The molecule has 1 aromatic carbocycles. The molecule has 0 radical (unpaired) electrons. The van der Waals surface area contributed by atoms with E-state index in [-0.39, 0.29) is 5.97 Å². The van der Waals surface area contributed by atoms with Gasteiger partial charge in [-0.15, -0.1) is 0 Å². The fourth-order valence-corrected chi connectivity index (χ4v) is 1.13. The summed E-state index contributed by atoms with van der Waals surface area (Å²) in [6.07, 6.45) is 0. The molecule has 1 aromatic rings.